The molecule has 1 saturated carbocycles. The number of aromatic nitrogens is 2. The van der Waals surface area contributed by atoms with E-state index in [4.69, 9.17) is 0 Å². The Labute approximate surface area is 147 Å². The summed E-state index contributed by atoms with van der Waals surface area (Å²) in [5.41, 5.74) is 0. The summed E-state index contributed by atoms with van der Waals surface area (Å²) in [5.74, 6) is -0.0732. The smallest absolute Gasteiger partial charge is 0.238 e. The average Bonchev–Trinajstić information content (AvgIpc) is 3.04. The Kier molecular flexibility index (Phi) is 6.56. The molecule has 0 spiro atoms. The van der Waals surface area contributed by atoms with Crippen molar-refractivity contribution in [3.05, 3.63) is 0 Å². The fourth-order valence-electron chi connectivity index (χ4n) is 2.75. The SMILES string of the molecule is CCCNc1nnc(S(=O)(=O)C(C)C(=O)NC2CCCCC2C)s1. The molecule has 0 radical (unpaired) electrons. The molecule has 0 saturated heterocycles. The molecule has 3 unspecified atom stereocenters. The molecule has 9 heteroatoms. The molecule has 1 aliphatic rings. The van der Waals surface area contributed by atoms with E-state index in [9.17, 15) is 13.2 Å². The number of hydrogen-bond donors (Lipinski definition) is 2. The van der Waals surface area contributed by atoms with Gasteiger partial charge in [0.15, 0.2) is 0 Å². The van der Waals surface area contributed by atoms with Gasteiger partial charge in [-0.15, -0.1) is 10.2 Å². The third-order valence-corrected chi connectivity index (χ3v) is 7.79. The lowest BCUT2D eigenvalue weighted by atomic mass is 9.86. The van der Waals surface area contributed by atoms with Crippen LogP contribution < -0.4 is 10.6 Å². The maximum absolute atomic E-state index is 12.6. The minimum atomic E-state index is -3.82. The van der Waals surface area contributed by atoms with Gasteiger partial charge in [0.05, 0.1) is 0 Å². The number of sulfone groups is 1. The molecule has 0 bridgehead atoms. The van der Waals surface area contributed by atoms with Crippen LogP contribution in [0.25, 0.3) is 0 Å². The number of hydrogen-bond acceptors (Lipinski definition) is 7. The molecule has 1 heterocycles. The molecule has 3 atom stereocenters. The number of carbonyl (C=O) groups excluding carboxylic acids is 1. The summed E-state index contributed by atoms with van der Waals surface area (Å²) in [6.07, 6.45) is 5.11. The summed E-state index contributed by atoms with van der Waals surface area (Å²) in [6.45, 7) is 6.22. The van der Waals surface area contributed by atoms with E-state index >= 15 is 0 Å². The zero-order valence-electron chi connectivity index (χ0n) is 14.4. The monoisotopic (exact) mass is 374 g/mol. The first kappa shape index (κ1) is 19.1. The highest BCUT2D eigenvalue weighted by Gasteiger charge is 2.35. The van der Waals surface area contributed by atoms with Crippen molar-refractivity contribution in [1.82, 2.24) is 15.5 Å². The average molecular weight is 375 g/mol. The summed E-state index contributed by atoms with van der Waals surface area (Å²) in [7, 11) is -3.82. The number of carbonyl (C=O) groups is 1. The van der Waals surface area contributed by atoms with Gasteiger partial charge in [0, 0.05) is 12.6 Å². The number of nitrogens with one attached hydrogen (secondary N) is 2. The quantitative estimate of drug-likeness (QED) is 0.759. The van der Waals surface area contributed by atoms with Crippen LogP contribution in [0.5, 0.6) is 0 Å². The van der Waals surface area contributed by atoms with Crippen LogP contribution in [-0.4, -0.2) is 42.4 Å². The number of anilines is 1. The summed E-state index contributed by atoms with van der Waals surface area (Å²) < 4.78 is 25.1. The van der Waals surface area contributed by atoms with E-state index in [0.29, 0.717) is 17.6 Å². The fourth-order valence-corrected chi connectivity index (χ4v) is 5.20. The molecule has 2 N–H and O–H groups in total. The third-order valence-electron chi connectivity index (χ3n) is 4.45. The molecule has 1 fully saturated rings. The molecule has 1 aromatic heterocycles. The predicted molar refractivity (Wildman–Crippen MR) is 94.9 cm³/mol. The van der Waals surface area contributed by atoms with Crippen molar-refractivity contribution < 1.29 is 13.2 Å². The van der Waals surface area contributed by atoms with E-state index < -0.39 is 21.0 Å². The van der Waals surface area contributed by atoms with Gasteiger partial charge in [-0.05, 0) is 32.1 Å². The summed E-state index contributed by atoms with van der Waals surface area (Å²) in [5, 5.41) is 12.8. The zero-order chi connectivity index (χ0) is 17.7. The van der Waals surface area contributed by atoms with E-state index in [1.54, 1.807) is 0 Å². The molecule has 136 valence electrons. The molecule has 2 rings (SSSR count). The van der Waals surface area contributed by atoms with Crippen LogP contribution in [0.2, 0.25) is 0 Å². The number of rotatable bonds is 7. The van der Waals surface area contributed by atoms with E-state index in [0.717, 1.165) is 37.0 Å². The first-order chi connectivity index (χ1) is 11.4. The fraction of sp³-hybridized carbons (Fsp3) is 0.800. The van der Waals surface area contributed by atoms with Crippen molar-refractivity contribution in [3.63, 3.8) is 0 Å². The second kappa shape index (κ2) is 8.24. The minimum absolute atomic E-state index is 0.0556. The first-order valence-electron chi connectivity index (χ1n) is 8.48. The predicted octanol–water partition coefficient (Wildman–Crippen LogP) is 2.22. The summed E-state index contributed by atoms with van der Waals surface area (Å²) in [4.78, 5) is 12.4. The number of nitrogens with zero attached hydrogens (tertiary/aromatic N) is 2. The van der Waals surface area contributed by atoms with Crippen molar-refractivity contribution in [1.29, 1.82) is 0 Å². The molecule has 1 aliphatic carbocycles. The standard InChI is InChI=1S/C15H26N4O3S2/c1-4-9-16-14-18-19-15(23-14)24(21,22)11(3)13(20)17-12-8-6-5-7-10(12)2/h10-12H,4-9H2,1-3H3,(H,16,18)(H,17,20). The maximum Gasteiger partial charge on any atom is 0.238 e. The van der Waals surface area contributed by atoms with Crippen molar-refractivity contribution in [2.75, 3.05) is 11.9 Å². The third kappa shape index (κ3) is 4.44. The van der Waals surface area contributed by atoms with E-state index in [2.05, 4.69) is 27.8 Å². The van der Waals surface area contributed by atoms with Crippen LogP contribution in [0, 0.1) is 5.92 Å². The number of amides is 1. The minimum Gasteiger partial charge on any atom is -0.360 e. The van der Waals surface area contributed by atoms with Gasteiger partial charge < -0.3 is 10.6 Å². The highest BCUT2D eigenvalue weighted by molar-refractivity contribution is 7.94. The van der Waals surface area contributed by atoms with Crippen molar-refractivity contribution in [2.45, 2.75) is 68.5 Å². The Bertz CT molecular complexity index is 659. The van der Waals surface area contributed by atoms with Crippen LogP contribution in [0.4, 0.5) is 5.13 Å². The Morgan fingerprint density at radius 1 is 1.33 bits per heavy atom. The Morgan fingerprint density at radius 3 is 2.71 bits per heavy atom. The van der Waals surface area contributed by atoms with Gasteiger partial charge in [0.1, 0.15) is 5.25 Å². The highest BCUT2D eigenvalue weighted by Crippen LogP contribution is 2.26. The van der Waals surface area contributed by atoms with Crippen molar-refractivity contribution in [2.24, 2.45) is 5.92 Å². The summed E-state index contributed by atoms with van der Waals surface area (Å²) >= 11 is 0.971. The van der Waals surface area contributed by atoms with Gasteiger partial charge in [-0.2, -0.15) is 0 Å². The van der Waals surface area contributed by atoms with Gasteiger partial charge in [-0.1, -0.05) is 38.0 Å². The van der Waals surface area contributed by atoms with Crippen molar-refractivity contribution in [3.8, 4) is 0 Å². The molecule has 0 aliphatic heterocycles. The molecule has 1 aromatic rings. The van der Waals surface area contributed by atoms with Crippen LogP contribution in [0.15, 0.2) is 4.34 Å². The second-order valence-electron chi connectivity index (χ2n) is 6.36. The van der Waals surface area contributed by atoms with Crippen LogP contribution in [-0.2, 0) is 14.6 Å². The lowest BCUT2D eigenvalue weighted by molar-refractivity contribution is -0.121. The van der Waals surface area contributed by atoms with Gasteiger partial charge in [0.2, 0.25) is 25.2 Å². The second-order valence-corrected chi connectivity index (χ2v) is 9.78. The topological polar surface area (TPSA) is 101 Å². The normalized spacial score (nSPS) is 22.8. The lowest BCUT2D eigenvalue weighted by Crippen LogP contribution is -2.46. The van der Waals surface area contributed by atoms with Gasteiger partial charge in [0.25, 0.3) is 0 Å². The molecule has 7 nitrogen and oxygen atoms in total. The van der Waals surface area contributed by atoms with Crippen LogP contribution in [0.1, 0.15) is 52.9 Å². The maximum atomic E-state index is 12.6. The molecular formula is C15H26N4O3S2. The Balaban J connectivity index is 2.04. The Hall–Kier alpha value is -1.22. The lowest BCUT2D eigenvalue weighted by Gasteiger charge is -2.30. The molecule has 0 aromatic carbocycles. The van der Waals surface area contributed by atoms with Gasteiger partial charge >= 0.3 is 0 Å². The summed E-state index contributed by atoms with van der Waals surface area (Å²) in [6, 6.07) is 0.0556. The molecule has 1 amide bonds. The van der Waals surface area contributed by atoms with Crippen molar-refractivity contribution >= 4 is 32.2 Å². The molecular weight excluding hydrogens is 348 g/mol. The van der Waals surface area contributed by atoms with E-state index in [1.807, 2.05) is 6.92 Å². The zero-order valence-corrected chi connectivity index (χ0v) is 16.0. The van der Waals surface area contributed by atoms with Crippen LogP contribution in [0.3, 0.4) is 0 Å². The van der Waals surface area contributed by atoms with Gasteiger partial charge in [-0.3, -0.25) is 4.79 Å². The van der Waals surface area contributed by atoms with E-state index in [1.165, 1.54) is 13.3 Å². The van der Waals surface area contributed by atoms with E-state index in [-0.39, 0.29) is 10.4 Å². The van der Waals surface area contributed by atoms with Gasteiger partial charge in [-0.25, -0.2) is 8.42 Å². The van der Waals surface area contributed by atoms with Crippen LogP contribution >= 0.6 is 11.3 Å². The Morgan fingerprint density at radius 2 is 2.04 bits per heavy atom. The first-order valence-corrected chi connectivity index (χ1v) is 10.8. The molecule has 24 heavy (non-hydrogen) atoms. The largest absolute Gasteiger partial charge is 0.360 e. The highest BCUT2D eigenvalue weighted by atomic mass is 32.2.